The summed E-state index contributed by atoms with van der Waals surface area (Å²) in [7, 11) is 0. The van der Waals surface area contributed by atoms with Crippen LogP contribution < -0.4 is 21.7 Å². The highest BCUT2D eigenvalue weighted by Crippen LogP contribution is 2.20. The van der Waals surface area contributed by atoms with Crippen molar-refractivity contribution in [3.05, 3.63) is 65.5 Å². The molecule has 0 heterocycles. The second-order valence-electron chi connectivity index (χ2n) is 11.2. The van der Waals surface area contributed by atoms with Crippen molar-refractivity contribution in [2.45, 2.75) is 71.9 Å². The number of hydrogen-bond donors (Lipinski definition) is 4. The molecule has 0 aliphatic heterocycles. The standard InChI is InChI=1S/C33H43FN4O7/c1-21(2)31(38-30(42)15-6-22(3)17-28(40)24-9-11-26(34)12-10-24)29(41)18-25(5-4-16-36-33(35)44)32(43)37-27-13-7-23(8-14-27)19-45-20-39/h7-14,20-22,25,31H,4-6,15-19H2,1-3H3,(H,37,43)(H,38,42)(H3,35,36,44)/t22?,25-,31+/m1/s1/i3D,20D. The van der Waals surface area contributed by atoms with E-state index in [0.29, 0.717) is 23.2 Å². The van der Waals surface area contributed by atoms with Crippen LogP contribution in [0.25, 0.3) is 0 Å². The van der Waals surface area contributed by atoms with Crippen LogP contribution in [0.3, 0.4) is 0 Å². The number of nitrogens with two attached hydrogens (primary N) is 1. The monoisotopic (exact) mass is 628 g/mol. The zero-order chi connectivity index (χ0) is 34.9. The van der Waals surface area contributed by atoms with Crippen LogP contribution in [0.1, 0.15) is 77.9 Å². The van der Waals surface area contributed by atoms with Crippen LogP contribution in [0.15, 0.2) is 48.5 Å². The van der Waals surface area contributed by atoms with E-state index in [1.807, 2.05) is 0 Å². The van der Waals surface area contributed by atoms with Crippen molar-refractivity contribution in [2.24, 2.45) is 23.5 Å². The molecule has 0 saturated carbocycles. The molecule has 244 valence electrons. The number of nitrogens with one attached hydrogen (secondary N) is 3. The van der Waals surface area contributed by atoms with E-state index in [2.05, 4.69) is 20.7 Å². The maximum absolute atomic E-state index is 13.5. The normalized spacial score (nSPS) is 13.4. The number of Topliss-reactive ketones (excluding diaryl/α,β-unsaturated/α-hetero) is 2. The van der Waals surface area contributed by atoms with Crippen molar-refractivity contribution in [2.75, 3.05) is 11.9 Å². The van der Waals surface area contributed by atoms with Gasteiger partial charge in [0.1, 0.15) is 12.4 Å². The van der Waals surface area contributed by atoms with E-state index < -0.39 is 48.0 Å². The fourth-order valence-electron chi connectivity index (χ4n) is 4.61. The number of ether oxygens (including phenoxy) is 1. The van der Waals surface area contributed by atoms with Gasteiger partial charge < -0.3 is 26.4 Å². The molecule has 45 heavy (non-hydrogen) atoms. The van der Waals surface area contributed by atoms with Gasteiger partial charge in [-0.1, -0.05) is 32.9 Å². The SMILES string of the molecule is [2H]CC(CCC(=O)N[C@H](C(=O)C[C@@H](CCCNC(N)=O)C(=O)Nc1ccc(COC([2H])=O)cc1)C(C)C)CC(=O)c1ccc(F)cc1. The molecule has 11 nitrogen and oxygen atoms in total. The molecular formula is C33H43FN4O7. The zero-order valence-corrected chi connectivity index (χ0v) is 25.6. The van der Waals surface area contributed by atoms with Gasteiger partial charge in [-0.15, -0.1) is 0 Å². The highest BCUT2D eigenvalue weighted by atomic mass is 19.1. The Balaban J connectivity index is 2.02. The zero-order valence-electron chi connectivity index (χ0n) is 27.6. The molecule has 2 aromatic rings. The van der Waals surface area contributed by atoms with Gasteiger partial charge in [0, 0.05) is 44.3 Å². The summed E-state index contributed by atoms with van der Waals surface area (Å²) in [6.07, 6.45) is -0.511. The lowest BCUT2D eigenvalue weighted by Gasteiger charge is -2.24. The summed E-state index contributed by atoms with van der Waals surface area (Å²) in [5.41, 5.74) is 6.49. The fourth-order valence-corrected chi connectivity index (χ4v) is 4.61. The molecule has 0 aliphatic rings. The van der Waals surface area contributed by atoms with E-state index in [-0.39, 0.29) is 69.6 Å². The number of carbonyl (C=O) groups excluding carboxylic acids is 6. The lowest BCUT2D eigenvalue weighted by Crippen LogP contribution is -2.45. The van der Waals surface area contributed by atoms with Crippen LogP contribution in [0.4, 0.5) is 14.9 Å². The minimum absolute atomic E-state index is 0.0174. The summed E-state index contributed by atoms with van der Waals surface area (Å²) in [6.45, 7) is 3.54. The van der Waals surface area contributed by atoms with Gasteiger partial charge >= 0.3 is 6.03 Å². The first-order valence-corrected chi connectivity index (χ1v) is 14.8. The summed E-state index contributed by atoms with van der Waals surface area (Å²) in [5, 5.41) is 7.98. The molecule has 5 N–H and O–H groups in total. The van der Waals surface area contributed by atoms with Gasteiger partial charge in [-0.05, 0) is 73.1 Å². The first-order chi connectivity index (χ1) is 22.3. The lowest BCUT2D eigenvalue weighted by atomic mass is 9.89. The maximum Gasteiger partial charge on any atom is 0.312 e. The van der Waals surface area contributed by atoms with E-state index in [4.69, 9.17) is 8.48 Å². The third-order valence-corrected chi connectivity index (χ3v) is 7.12. The van der Waals surface area contributed by atoms with Crippen LogP contribution in [0, 0.1) is 23.6 Å². The van der Waals surface area contributed by atoms with Crippen molar-refractivity contribution >= 4 is 41.5 Å². The van der Waals surface area contributed by atoms with E-state index in [1.165, 1.54) is 24.3 Å². The summed E-state index contributed by atoms with van der Waals surface area (Å²) in [5.74, 6) is -3.45. The molecule has 0 saturated heterocycles. The molecule has 0 bridgehead atoms. The Morgan fingerprint density at radius 3 is 2.31 bits per heavy atom. The third-order valence-electron chi connectivity index (χ3n) is 7.12. The second kappa shape index (κ2) is 18.9. The molecule has 0 spiro atoms. The summed E-state index contributed by atoms with van der Waals surface area (Å²) in [6, 6.07) is 9.94. The van der Waals surface area contributed by atoms with Crippen molar-refractivity contribution < 1.29 is 40.6 Å². The van der Waals surface area contributed by atoms with Gasteiger partial charge in [-0.25, -0.2) is 9.18 Å². The molecule has 4 amide bonds. The Morgan fingerprint density at radius 2 is 1.71 bits per heavy atom. The first kappa shape index (κ1) is 33.3. The minimum atomic E-state index is -1.16. The average Bonchev–Trinajstić information content (AvgIpc) is 3.02. The second-order valence-corrected chi connectivity index (χ2v) is 11.2. The Labute approximate surface area is 265 Å². The Morgan fingerprint density at radius 1 is 1.02 bits per heavy atom. The summed E-state index contributed by atoms with van der Waals surface area (Å²) < 4.78 is 32.5. The van der Waals surface area contributed by atoms with Crippen molar-refractivity contribution in [1.82, 2.24) is 10.6 Å². The molecule has 2 aromatic carbocycles. The Hall–Kier alpha value is -4.61. The molecule has 12 heteroatoms. The fraction of sp³-hybridized carbons (Fsp3) is 0.455. The molecule has 0 aromatic heterocycles. The maximum atomic E-state index is 13.5. The molecule has 3 atom stereocenters. The molecule has 0 radical (unpaired) electrons. The number of anilines is 1. The highest BCUT2D eigenvalue weighted by molar-refractivity contribution is 5.97. The van der Waals surface area contributed by atoms with E-state index >= 15 is 0 Å². The van der Waals surface area contributed by atoms with Crippen molar-refractivity contribution in [3.8, 4) is 0 Å². The smallest absolute Gasteiger partial charge is 0.312 e. The predicted octanol–water partition coefficient (Wildman–Crippen LogP) is 4.29. The molecular weight excluding hydrogens is 583 g/mol. The van der Waals surface area contributed by atoms with Gasteiger partial charge in [0.25, 0.3) is 6.45 Å². The summed E-state index contributed by atoms with van der Waals surface area (Å²) in [4.78, 5) is 74.0. The van der Waals surface area contributed by atoms with Crippen LogP contribution in [0.2, 0.25) is 0 Å². The molecule has 2 rings (SSSR count). The van der Waals surface area contributed by atoms with Crippen molar-refractivity contribution in [3.63, 3.8) is 0 Å². The number of halogens is 1. The van der Waals surface area contributed by atoms with Gasteiger partial charge in [0.05, 0.1) is 6.04 Å². The average molecular weight is 629 g/mol. The van der Waals surface area contributed by atoms with Crippen LogP contribution in [-0.4, -0.2) is 48.4 Å². The van der Waals surface area contributed by atoms with Crippen molar-refractivity contribution in [1.29, 1.82) is 0 Å². The Kier molecular flexibility index (Phi) is 14.0. The van der Waals surface area contributed by atoms with Gasteiger partial charge in [0.2, 0.25) is 11.8 Å². The third kappa shape index (κ3) is 13.7. The molecule has 1 unspecified atom stereocenters. The van der Waals surface area contributed by atoms with E-state index in [0.717, 1.165) is 0 Å². The number of rotatable bonds is 19. The number of ketones is 2. The number of amides is 4. The minimum Gasteiger partial charge on any atom is -0.463 e. The van der Waals surface area contributed by atoms with Gasteiger partial charge in [-0.2, -0.15) is 0 Å². The number of urea groups is 1. The molecule has 0 aliphatic carbocycles. The largest absolute Gasteiger partial charge is 0.463 e. The quantitative estimate of drug-likeness (QED) is 0.102. The van der Waals surface area contributed by atoms with Crippen LogP contribution in [0.5, 0.6) is 0 Å². The number of carbonyl (C=O) groups is 6. The first-order valence-electron chi connectivity index (χ1n) is 16.0. The number of benzene rings is 2. The topological polar surface area (TPSA) is 174 Å². The van der Waals surface area contributed by atoms with Crippen LogP contribution >= 0.6 is 0 Å². The Bertz CT molecular complexity index is 1370. The van der Waals surface area contributed by atoms with Crippen LogP contribution in [-0.2, 0) is 30.5 Å². The molecule has 0 fully saturated rings. The van der Waals surface area contributed by atoms with E-state index in [9.17, 15) is 33.2 Å². The van der Waals surface area contributed by atoms with E-state index in [1.54, 1.807) is 38.1 Å². The highest BCUT2D eigenvalue weighted by Gasteiger charge is 2.29. The number of hydrogen-bond acceptors (Lipinski definition) is 7. The summed E-state index contributed by atoms with van der Waals surface area (Å²) >= 11 is 0. The number of primary amides is 1. The predicted molar refractivity (Wildman–Crippen MR) is 166 cm³/mol. The van der Waals surface area contributed by atoms with Gasteiger partial charge in [0.15, 0.2) is 12.9 Å². The van der Waals surface area contributed by atoms with Gasteiger partial charge in [-0.3, -0.25) is 24.0 Å². The lowest BCUT2D eigenvalue weighted by molar-refractivity contribution is -0.131.